The van der Waals surface area contributed by atoms with Gasteiger partial charge in [-0.2, -0.15) is 8.78 Å². The highest BCUT2D eigenvalue weighted by molar-refractivity contribution is 7.83. The molecule has 0 spiro atoms. The summed E-state index contributed by atoms with van der Waals surface area (Å²) >= 11 is 0. The van der Waals surface area contributed by atoms with Crippen LogP contribution in [-0.2, 0) is 20.5 Å². The molecular weight excluding hydrogens is 312 g/mol. The quantitative estimate of drug-likeness (QED) is 0.781. The van der Waals surface area contributed by atoms with Gasteiger partial charge in [-0.3, -0.25) is 0 Å². The van der Waals surface area contributed by atoms with Gasteiger partial charge in [0.1, 0.15) is 11.0 Å². The van der Waals surface area contributed by atoms with E-state index in [0.717, 1.165) is 5.56 Å². The largest absolute Gasteiger partial charge is 0.462 e. The van der Waals surface area contributed by atoms with Crippen molar-refractivity contribution in [3.05, 3.63) is 29.8 Å². The lowest BCUT2D eigenvalue weighted by atomic mass is 9.99. The number of carbonyl (C=O) groups excluding carboxylic acids is 1. The third-order valence-electron chi connectivity index (χ3n) is 3.07. The highest BCUT2D eigenvalue weighted by Gasteiger charge is 2.50. The van der Waals surface area contributed by atoms with Crippen molar-refractivity contribution in [3.63, 3.8) is 0 Å². The van der Waals surface area contributed by atoms with Crippen molar-refractivity contribution in [1.29, 1.82) is 0 Å². The molecule has 1 aromatic rings. The second kappa shape index (κ2) is 7.78. The molecule has 0 aliphatic rings. The lowest BCUT2D eigenvalue weighted by molar-refractivity contribution is -0.176. The molecule has 1 aromatic carbocycles. The molecule has 124 valence electrons. The van der Waals surface area contributed by atoms with E-state index in [1.54, 1.807) is 24.3 Å². The van der Waals surface area contributed by atoms with E-state index in [4.69, 9.17) is 0 Å². The first-order valence-electron chi connectivity index (χ1n) is 6.99. The Morgan fingerprint density at radius 2 is 1.86 bits per heavy atom. The number of carbonyl (C=O) groups is 1. The Hall–Kier alpha value is -1.34. The van der Waals surface area contributed by atoms with Gasteiger partial charge in [0.05, 0.1) is 17.5 Å². The minimum Gasteiger partial charge on any atom is -0.462 e. The topological polar surface area (TPSA) is 55.4 Å². The second-order valence-corrected chi connectivity index (χ2v) is 6.51. The lowest BCUT2D eigenvalue weighted by Gasteiger charge is -2.28. The Balaban J connectivity index is 2.94. The third kappa shape index (κ3) is 4.58. The number of esters is 1. The first-order valence-corrected chi connectivity index (χ1v) is 8.14. The van der Waals surface area contributed by atoms with E-state index in [-0.39, 0.29) is 6.61 Å². The van der Waals surface area contributed by atoms with Gasteiger partial charge in [-0.1, -0.05) is 31.5 Å². The van der Waals surface area contributed by atoms with E-state index in [1.165, 1.54) is 20.8 Å². The van der Waals surface area contributed by atoms with Crippen LogP contribution in [-0.4, -0.2) is 28.7 Å². The van der Waals surface area contributed by atoms with Crippen LogP contribution in [0.15, 0.2) is 29.2 Å². The maximum atomic E-state index is 14.2. The highest BCUT2D eigenvalue weighted by atomic mass is 32.2. The Kier molecular flexibility index (Phi) is 6.62. The van der Waals surface area contributed by atoms with Crippen LogP contribution in [0.3, 0.4) is 0 Å². The summed E-state index contributed by atoms with van der Waals surface area (Å²) in [5, 5.41) is 0. The number of alkyl halides is 2. The Bertz CT molecular complexity index is 532. The minimum absolute atomic E-state index is 0.139. The van der Waals surface area contributed by atoms with Gasteiger partial charge in [-0.25, -0.2) is 13.7 Å². The van der Waals surface area contributed by atoms with Gasteiger partial charge in [-0.05, 0) is 31.9 Å². The predicted molar refractivity (Wildman–Crippen MR) is 80.9 cm³/mol. The van der Waals surface area contributed by atoms with Crippen LogP contribution >= 0.6 is 0 Å². The van der Waals surface area contributed by atoms with E-state index < -0.39 is 34.8 Å². The average molecular weight is 333 g/mol. The summed E-state index contributed by atoms with van der Waals surface area (Å²) in [5.74, 6) is -5.99. The number of nitrogens with one attached hydrogen (secondary N) is 1. The molecule has 7 heteroatoms. The molecule has 0 heterocycles. The molecule has 0 fully saturated rings. The van der Waals surface area contributed by atoms with Gasteiger partial charge in [-0.15, -0.1) is 0 Å². The first kappa shape index (κ1) is 18.7. The lowest BCUT2D eigenvalue weighted by Crippen LogP contribution is -2.54. The van der Waals surface area contributed by atoms with Gasteiger partial charge in [0.25, 0.3) is 0 Å². The molecular formula is C15H21F2NO3S. The Morgan fingerprint density at radius 1 is 1.32 bits per heavy atom. The van der Waals surface area contributed by atoms with Crippen LogP contribution in [0, 0.1) is 12.8 Å². The van der Waals surface area contributed by atoms with Crippen molar-refractivity contribution < 1.29 is 22.5 Å². The van der Waals surface area contributed by atoms with E-state index in [9.17, 15) is 17.8 Å². The summed E-state index contributed by atoms with van der Waals surface area (Å²) in [5.41, 5.74) is 0.970. The van der Waals surface area contributed by atoms with Crippen molar-refractivity contribution in [2.75, 3.05) is 6.61 Å². The second-order valence-electron chi connectivity index (χ2n) is 5.26. The minimum atomic E-state index is -3.76. The summed E-state index contributed by atoms with van der Waals surface area (Å²) in [4.78, 5) is 11.8. The zero-order valence-corrected chi connectivity index (χ0v) is 13.9. The van der Waals surface area contributed by atoms with E-state index >= 15 is 0 Å². The number of hydrogen-bond donors (Lipinski definition) is 1. The number of hydrogen-bond acceptors (Lipinski definition) is 3. The fourth-order valence-corrected chi connectivity index (χ4v) is 3.00. The van der Waals surface area contributed by atoms with Crippen LogP contribution in [0.25, 0.3) is 0 Å². The summed E-state index contributed by atoms with van der Waals surface area (Å²) in [6.07, 6.45) is 0. The molecule has 0 radical (unpaired) electrons. The zero-order valence-electron chi connectivity index (χ0n) is 13.1. The van der Waals surface area contributed by atoms with E-state index in [2.05, 4.69) is 9.46 Å². The molecule has 0 unspecified atom stereocenters. The van der Waals surface area contributed by atoms with Crippen molar-refractivity contribution in [3.8, 4) is 0 Å². The molecule has 0 aromatic heterocycles. The SMILES string of the molecule is CCOC(=O)C(F)(F)[C@@H](N[S@@](=O)c1ccc(C)cc1)C(C)C. The number of aryl methyl sites for hydroxylation is 1. The maximum absolute atomic E-state index is 14.2. The van der Waals surface area contributed by atoms with Crippen LogP contribution in [0.5, 0.6) is 0 Å². The highest BCUT2D eigenvalue weighted by Crippen LogP contribution is 2.27. The molecule has 0 saturated carbocycles. The Labute approximate surface area is 131 Å². The Morgan fingerprint density at radius 3 is 2.32 bits per heavy atom. The summed E-state index contributed by atoms with van der Waals surface area (Å²) in [6.45, 7) is 6.23. The predicted octanol–water partition coefficient (Wildman–Crippen LogP) is 2.83. The summed E-state index contributed by atoms with van der Waals surface area (Å²) in [7, 11) is -1.85. The van der Waals surface area contributed by atoms with E-state index in [0.29, 0.717) is 4.90 Å². The molecule has 1 rings (SSSR count). The molecule has 22 heavy (non-hydrogen) atoms. The number of halogens is 2. The van der Waals surface area contributed by atoms with Crippen molar-refractivity contribution >= 4 is 17.0 Å². The molecule has 1 N–H and O–H groups in total. The fourth-order valence-electron chi connectivity index (χ4n) is 1.83. The van der Waals surface area contributed by atoms with Crippen LogP contribution in [0.2, 0.25) is 0 Å². The standard InChI is InChI=1S/C15H21F2NO3S/c1-5-21-14(19)15(16,17)13(10(2)3)18-22(20)12-8-6-11(4)7-9-12/h6-10,13,18H,5H2,1-4H3/t13-,22-/m0/s1. The molecule has 2 atom stereocenters. The molecule has 0 aliphatic carbocycles. The van der Waals surface area contributed by atoms with Crippen LogP contribution in [0.4, 0.5) is 8.78 Å². The molecule has 0 bridgehead atoms. The third-order valence-corrected chi connectivity index (χ3v) is 4.24. The van der Waals surface area contributed by atoms with E-state index in [1.807, 2.05) is 6.92 Å². The number of ether oxygens (including phenoxy) is 1. The van der Waals surface area contributed by atoms with Gasteiger partial charge in [0.2, 0.25) is 0 Å². The fraction of sp³-hybridized carbons (Fsp3) is 0.533. The number of rotatable bonds is 7. The monoisotopic (exact) mass is 333 g/mol. The van der Waals surface area contributed by atoms with Crippen LogP contribution in [0.1, 0.15) is 26.3 Å². The van der Waals surface area contributed by atoms with Crippen molar-refractivity contribution in [1.82, 2.24) is 4.72 Å². The summed E-state index contributed by atoms with van der Waals surface area (Å²) in [6, 6.07) is 5.08. The number of benzene rings is 1. The maximum Gasteiger partial charge on any atom is 0.378 e. The average Bonchev–Trinajstić information content (AvgIpc) is 2.44. The zero-order chi connectivity index (χ0) is 16.9. The first-order chi connectivity index (χ1) is 10.2. The normalized spacial score (nSPS) is 14.7. The van der Waals surface area contributed by atoms with Gasteiger partial charge >= 0.3 is 11.9 Å². The van der Waals surface area contributed by atoms with Gasteiger partial charge in [0, 0.05) is 0 Å². The van der Waals surface area contributed by atoms with Gasteiger partial charge < -0.3 is 4.74 Å². The smallest absolute Gasteiger partial charge is 0.378 e. The summed E-state index contributed by atoms with van der Waals surface area (Å²) < 4.78 is 47.4. The van der Waals surface area contributed by atoms with Crippen molar-refractivity contribution in [2.45, 2.75) is 44.6 Å². The van der Waals surface area contributed by atoms with Gasteiger partial charge in [0.15, 0.2) is 0 Å². The van der Waals surface area contributed by atoms with Crippen molar-refractivity contribution in [2.24, 2.45) is 5.92 Å². The van der Waals surface area contributed by atoms with Crippen LogP contribution < -0.4 is 4.72 Å². The molecule has 0 amide bonds. The molecule has 0 saturated heterocycles. The molecule has 0 aliphatic heterocycles. The molecule has 4 nitrogen and oxygen atoms in total.